The summed E-state index contributed by atoms with van der Waals surface area (Å²) in [5.41, 5.74) is 5.13. The minimum absolute atomic E-state index is 0.393. The molecular weight excluding hydrogens is 400 g/mol. The first-order valence-electron chi connectivity index (χ1n) is 9.39. The van der Waals surface area contributed by atoms with Gasteiger partial charge in [0.05, 0.1) is 5.69 Å². The van der Waals surface area contributed by atoms with Gasteiger partial charge in [0.1, 0.15) is 30.4 Å². The van der Waals surface area contributed by atoms with Gasteiger partial charge in [-0.2, -0.15) is 5.10 Å². The molecule has 1 aliphatic rings. The van der Waals surface area contributed by atoms with E-state index >= 15 is 0 Å². The van der Waals surface area contributed by atoms with Crippen LogP contribution in [0.5, 0.6) is 11.5 Å². The van der Waals surface area contributed by atoms with Gasteiger partial charge in [-0.15, -0.1) is 10.2 Å². The molecule has 0 radical (unpaired) electrons. The Morgan fingerprint density at radius 2 is 1.40 bits per heavy atom. The molecule has 0 aromatic heterocycles. The lowest BCUT2D eigenvalue weighted by molar-refractivity contribution is 0.351. The zero-order valence-electron chi connectivity index (χ0n) is 16.0. The van der Waals surface area contributed by atoms with Crippen LogP contribution in [0.1, 0.15) is 5.56 Å². The summed E-state index contributed by atoms with van der Waals surface area (Å²) < 4.78 is 11.7. The molecule has 6 nitrogen and oxygen atoms in total. The van der Waals surface area contributed by atoms with E-state index in [2.05, 4.69) is 20.8 Å². The van der Waals surface area contributed by atoms with Gasteiger partial charge in [-0.25, -0.2) is 0 Å². The van der Waals surface area contributed by atoms with Crippen LogP contribution in [0.4, 0.5) is 11.4 Å². The average molecular weight is 419 g/mol. The van der Waals surface area contributed by atoms with E-state index in [-0.39, 0.29) is 0 Å². The Hall–Kier alpha value is -3.64. The highest BCUT2D eigenvalue weighted by Gasteiger charge is 2.08. The maximum Gasteiger partial charge on any atom is 0.201 e. The third-order valence-electron chi connectivity index (χ3n) is 4.23. The van der Waals surface area contributed by atoms with Crippen LogP contribution in [-0.4, -0.2) is 19.0 Å². The van der Waals surface area contributed by atoms with Crippen molar-refractivity contribution in [1.29, 1.82) is 0 Å². The first-order chi connectivity index (χ1) is 14.8. The maximum atomic E-state index is 6.03. The number of hydrogen-bond acceptors (Lipinski definition) is 6. The minimum atomic E-state index is 0.393. The average Bonchev–Trinajstić information content (AvgIpc) is 2.78. The van der Waals surface area contributed by atoms with Gasteiger partial charge < -0.3 is 9.47 Å². The Kier molecular flexibility index (Phi) is 6.37. The van der Waals surface area contributed by atoms with Gasteiger partial charge in [0.25, 0.3) is 0 Å². The molecule has 1 heterocycles. The van der Waals surface area contributed by atoms with E-state index in [1.54, 1.807) is 12.1 Å². The van der Waals surface area contributed by atoms with Crippen LogP contribution in [0.2, 0.25) is 5.02 Å². The number of fused-ring (bicyclic) bond motifs is 2. The van der Waals surface area contributed by atoms with E-state index < -0.39 is 0 Å². The molecule has 0 bridgehead atoms. The number of anilines is 1. The molecule has 0 atom stereocenters. The van der Waals surface area contributed by atoms with Gasteiger partial charge in [0.15, 0.2) is 0 Å². The number of nitrogens with zero attached hydrogens (tertiary/aromatic N) is 3. The van der Waals surface area contributed by atoms with Crippen molar-refractivity contribution in [3.63, 3.8) is 0 Å². The van der Waals surface area contributed by atoms with Crippen molar-refractivity contribution in [1.82, 2.24) is 0 Å². The van der Waals surface area contributed by atoms with Crippen molar-refractivity contribution in [2.45, 2.75) is 0 Å². The highest BCUT2D eigenvalue weighted by Crippen LogP contribution is 2.28. The van der Waals surface area contributed by atoms with E-state index in [1.165, 1.54) is 0 Å². The molecule has 0 saturated carbocycles. The fraction of sp³-hybridized carbons (Fsp3) is 0.0870. The van der Waals surface area contributed by atoms with Gasteiger partial charge in [-0.3, -0.25) is 5.43 Å². The number of benzene rings is 3. The van der Waals surface area contributed by atoms with Crippen molar-refractivity contribution in [2.24, 2.45) is 15.3 Å². The third kappa shape index (κ3) is 5.04. The molecule has 3 aromatic carbocycles. The predicted octanol–water partition coefficient (Wildman–Crippen LogP) is 6.23. The highest BCUT2D eigenvalue weighted by molar-refractivity contribution is 6.30. The molecule has 3 aromatic rings. The van der Waals surface area contributed by atoms with Crippen LogP contribution in [0.3, 0.4) is 0 Å². The van der Waals surface area contributed by atoms with Crippen LogP contribution < -0.4 is 14.9 Å². The van der Waals surface area contributed by atoms with E-state index in [9.17, 15) is 0 Å². The van der Waals surface area contributed by atoms with Crippen molar-refractivity contribution >= 4 is 28.8 Å². The summed E-state index contributed by atoms with van der Waals surface area (Å²) in [5.74, 6) is 1.70. The van der Waals surface area contributed by atoms with Crippen molar-refractivity contribution in [2.75, 3.05) is 18.6 Å². The van der Waals surface area contributed by atoms with Crippen molar-refractivity contribution in [3.8, 4) is 11.5 Å². The molecule has 30 heavy (non-hydrogen) atoms. The quantitative estimate of drug-likeness (QED) is 0.476. The van der Waals surface area contributed by atoms with Crippen molar-refractivity contribution < 1.29 is 9.47 Å². The molecule has 4 rings (SSSR count). The normalized spacial score (nSPS) is 16.8. The standard InChI is InChI=1S/C23H19ClN4O2/c24-18-13-11-17(12-14-18)23-27-25-19-7-1-3-9-21(19)29-15-5-6-16-30-22-10-4-2-8-20(22)26-28-23/h1-14,25H,15-16H2/b6-5-,27-23-,28-26?. The first kappa shape index (κ1) is 19.7. The summed E-state index contributed by atoms with van der Waals surface area (Å²) >= 11 is 6.03. The van der Waals surface area contributed by atoms with Gasteiger partial charge >= 0.3 is 0 Å². The summed E-state index contributed by atoms with van der Waals surface area (Å²) in [6.07, 6.45) is 3.81. The molecule has 0 aliphatic carbocycles. The number of nitrogens with one attached hydrogen (secondary N) is 1. The lowest BCUT2D eigenvalue weighted by Crippen LogP contribution is -2.03. The monoisotopic (exact) mass is 418 g/mol. The number of amidine groups is 1. The second-order valence-electron chi connectivity index (χ2n) is 6.31. The van der Waals surface area contributed by atoms with Crippen LogP contribution in [0.15, 0.2) is 100 Å². The van der Waals surface area contributed by atoms with E-state index in [0.717, 1.165) is 11.3 Å². The lowest BCUT2D eigenvalue weighted by atomic mass is 10.2. The number of ether oxygens (including phenoxy) is 2. The van der Waals surface area contributed by atoms with E-state index in [4.69, 9.17) is 21.1 Å². The summed E-state index contributed by atoms with van der Waals surface area (Å²) in [7, 11) is 0. The number of rotatable bonds is 1. The fourth-order valence-electron chi connectivity index (χ4n) is 2.72. The largest absolute Gasteiger partial charge is 0.487 e. The minimum Gasteiger partial charge on any atom is -0.487 e. The Balaban J connectivity index is 1.75. The van der Waals surface area contributed by atoms with Crippen molar-refractivity contribution in [3.05, 3.63) is 95.5 Å². The molecule has 0 saturated heterocycles. The molecule has 1 aliphatic heterocycles. The smallest absolute Gasteiger partial charge is 0.201 e. The Morgan fingerprint density at radius 3 is 2.20 bits per heavy atom. The molecule has 0 amide bonds. The number of halogens is 1. The highest BCUT2D eigenvalue weighted by atomic mass is 35.5. The van der Waals surface area contributed by atoms with Crippen LogP contribution >= 0.6 is 11.6 Å². The second kappa shape index (κ2) is 9.71. The zero-order valence-corrected chi connectivity index (χ0v) is 16.8. The first-order valence-corrected chi connectivity index (χ1v) is 9.77. The van der Waals surface area contributed by atoms with Crippen LogP contribution in [0, 0.1) is 0 Å². The SMILES string of the molecule is Clc1ccc(/C2=N/Nc3ccccc3OC/C=C\COc3ccccc3N=N2)cc1. The predicted molar refractivity (Wildman–Crippen MR) is 119 cm³/mol. The van der Waals surface area contributed by atoms with Crippen LogP contribution in [0.25, 0.3) is 0 Å². The summed E-state index contributed by atoms with van der Waals surface area (Å²) in [5, 5.41) is 13.9. The lowest BCUT2D eigenvalue weighted by Gasteiger charge is -2.10. The molecule has 0 fully saturated rings. The van der Waals surface area contributed by atoms with Gasteiger partial charge in [-0.1, -0.05) is 35.9 Å². The number of azo groups is 1. The summed E-state index contributed by atoms with van der Waals surface area (Å²) in [6.45, 7) is 0.806. The molecular formula is C23H19ClN4O2. The summed E-state index contributed by atoms with van der Waals surface area (Å²) in [6, 6.07) is 22.3. The molecule has 7 heteroatoms. The Labute approximate surface area is 179 Å². The van der Waals surface area contributed by atoms with Crippen LogP contribution in [-0.2, 0) is 0 Å². The van der Waals surface area contributed by atoms with Gasteiger partial charge in [0.2, 0.25) is 5.84 Å². The second-order valence-corrected chi connectivity index (χ2v) is 6.75. The fourth-order valence-corrected chi connectivity index (χ4v) is 2.84. The topological polar surface area (TPSA) is 67.6 Å². The van der Waals surface area contributed by atoms with Gasteiger partial charge in [0, 0.05) is 10.6 Å². The maximum absolute atomic E-state index is 6.03. The molecule has 0 spiro atoms. The van der Waals surface area contributed by atoms with Gasteiger partial charge in [-0.05, 0) is 60.7 Å². The zero-order chi connectivity index (χ0) is 20.6. The Bertz CT molecular complexity index is 1090. The third-order valence-corrected chi connectivity index (χ3v) is 4.48. The summed E-state index contributed by atoms with van der Waals surface area (Å²) in [4.78, 5) is 0. The molecule has 0 unspecified atom stereocenters. The van der Waals surface area contributed by atoms with E-state index in [0.29, 0.717) is 41.3 Å². The number of para-hydroxylation sites is 3. The van der Waals surface area contributed by atoms with E-state index in [1.807, 2.05) is 72.8 Å². The number of hydrogen-bond donors (Lipinski definition) is 1. The number of hydrazone groups is 1. The molecule has 150 valence electrons. The molecule has 1 N–H and O–H groups in total. The Morgan fingerprint density at radius 1 is 0.733 bits per heavy atom.